The number of carbonyl (C=O) groups excluding carboxylic acids is 1. The molecule has 1 aliphatic rings. The molecule has 1 aromatic rings. The summed E-state index contributed by atoms with van der Waals surface area (Å²) < 4.78 is 33.0. The van der Waals surface area contributed by atoms with E-state index in [0.717, 1.165) is 19.3 Å². The molecule has 1 unspecified atom stereocenters. The fraction of sp³-hybridized carbons (Fsp3) is 0.462. The molecule has 2 rings (SSSR count). The maximum Gasteiger partial charge on any atom is 0.338 e. The molecule has 0 saturated carbocycles. The first kappa shape index (κ1) is 15.0. The van der Waals surface area contributed by atoms with Gasteiger partial charge in [-0.1, -0.05) is 6.07 Å². The molecule has 1 heterocycles. The van der Waals surface area contributed by atoms with Gasteiger partial charge in [0.05, 0.1) is 16.6 Å². The Morgan fingerprint density at radius 1 is 1.40 bits per heavy atom. The second-order valence-electron chi connectivity index (χ2n) is 4.66. The second kappa shape index (κ2) is 6.34. The predicted octanol–water partition coefficient (Wildman–Crippen LogP) is 1.06. The molecule has 6 nitrogen and oxygen atoms in total. The Balaban J connectivity index is 1.98. The molecule has 0 spiro atoms. The first-order valence-electron chi connectivity index (χ1n) is 6.38. The van der Waals surface area contributed by atoms with Gasteiger partial charge in [-0.15, -0.1) is 0 Å². The van der Waals surface area contributed by atoms with Crippen molar-refractivity contribution < 1.29 is 22.7 Å². The molecule has 0 bridgehead atoms. The zero-order valence-corrected chi connectivity index (χ0v) is 11.8. The highest BCUT2D eigenvalue weighted by molar-refractivity contribution is 7.89. The van der Waals surface area contributed by atoms with Crippen molar-refractivity contribution in [2.45, 2.75) is 30.3 Å². The first-order valence-corrected chi connectivity index (χ1v) is 7.93. The summed E-state index contributed by atoms with van der Waals surface area (Å²) in [6.45, 7) is 0.863. The van der Waals surface area contributed by atoms with E-state index >= 15 is 0 Å². The number of primary sulfonamides is 1. The number of rotatable bonds is 4. The Morgan fingerprint density at radius 3 is 2.85 bits per heavy atom. The van der Waals surface area contributed by atoms with Crippen molar-refractivity contribution in [2.75, 3.05) is 13.2 Å². The minimum absolute atomic E-state index is 0.0749. The van der Waals surface area contributed by atoms with Crippen LogP contribution in [-0.4, -0.2) is 33.7 Å². The lowest BCUT2D eigenvalue weighted by Crippen LogP contribution is -2.26. The van der Waals surface area contributed by atoms with Crippen molar-refractivity contribution in [3.63, 3.8) is 0 Å². The third-order valence-corrected chi connectivity index (χ3v) is 3.98. The Morgan fingerprint density at radius 2 is 2.20 bits per heavy atom. The molecule has 1 fully saturated rings. The lowest BCUT2D eigenvalue weighted by atomic mass is 10.1. The summed E-state index contributed by atoms with van der Waals surface area (Å²) in [6, 6.07) is 5.47. The smallest absolute Gasteiger partial charge is 0.338 e. The fourth-order valence-electron chi connectivity index (χ4n) is 1.99. The van der Waals surface area contributed by atoms with Gasteiger partial charge in [0.15, 0.2) is 0 Å². The third-order valence-electron chi connectivity index (χ3n) is 3.07. The standard InChI is InChI=1S/C13H17NO5S/c14-20(16,17)12-6-3-4-10(8-12)13(15)19-9-11-5-1-2-7-18-11/h3-4,6,8,11H,1-2,5,7,9H2,(H2,14,16,17). The molecule has 0 aliphatic carbocycles. The molecule has 0 aromatic heterocycles. The van der Waals surface area contributed by atoms with Gasteiger partial charge in [0, 0.05) is 6.61 Å². The van der Waals surface area contributed by atoms with Crippen LogP contribution in [0.2, 0.25) is 0 Å². The Kier molecular flexibility index (Phi) is 4.74. The van der Waals surface area contributed by atoms with Gasteiger partial charge in [-0.2, -0.15) is 0 Å². The van der Waals surface area contributed by atoms with Gasteiger partial charge in [0.2, 0.25) is 10.0 Å². The van der Waals surface area contributed by atoms with Crippen LogP contribution < -0.4 is 5.14 Å². The molecule has 0 amide bonds. The number of sulfonamides is 1. The average molecular weight is 299 g/mol. The van der Waals surface area contributed by atoms with Crippen LogP contribution in [0.15, 0.2) is 29.2 Å². The third kappa shape index (κ3) is 4.03. The van der Waals surface area contributed by atoms with Crippen LogP contribution in [-0.2, 0) is 19.5 Å². The number of hydrogen-bond acceptors (Lipinski definition) is 5. The Hall–Kier alpha value is -1.44. The quantitative estimate of drug-likeness (QED) is 0.839. The van der Waals surface area contributed by atoms with Gasteiger partial charge >= 0.3 is 5.97 Å². The van der Waals surface area contributed by atoms with E-state index in [1.165, 1.54) is 24.3 Å². The topological polar surface area (TPSA) is 95.7 Å². The molecule has 1 aromatic carbocycles. The highest BCUT2D eigenvalue weighted by Crippen LogP contribution is 2.15. The van der Waals surface area contributed by atoms with Gasteiger partial charge in [0.1, 0.15) is 6.61 Å². The molecule has 1 aliphatic heterocycles. The molecular formula is C13H17NO5S. The van der Waals surface area contributed by atoms with E-state index in [1.807, 2.05) is 0 Å². The number of nitrogens with two attached hydrogens (primary N) is 1. The van der Waals surface area contributed by atoms with E-state index in [1.54, 1.807) is 0 Å². The van der Waals surface area contributed by atoms with E-state index < -0.39 is 16.0 Å². The van der Waals surface area contributed by atoms with E-state index in [-0.39, 0.29) is 23.2 Å². The lowest BCUT2D eigenvalue weighted by Gasteiger charge is -2.22. The van der Waals surface area contributed by atoms with E-state index in [0.29, 0.717) is 6.61 Å². The summed E-state index contributed by atoms with van der Waals surface area (Å²) in [7, 11) is -3.83. The van der Waals surface area contributed by atoms with Crippen LogP contribution in [0.3, 0.4) is 0 Å². The zero-order chi connectivity index (χ0) is 14.6. The number of esters is 1. The average Bonchev–Trinajstić information content (AvgIpc) is 2.45. The maximum atomic E-state index is 11.9. The molecular weight excluding hydrogens is 282 g/mol. The predicted molar refractivity (Wildman–Crippen MR) is 71.7 cm³/mol. The molecule has 7 heteroatoms. The van der Waals surface area contributed by atoms with Crippen molar-refractivity contribution in [2.24, 2.45) is 5.14 Å². The van der Waals surface area contributed by atoms with Crippen molar-refractivity contribution in [1.82, 2.24) is 0 Å². The Labute approximate surface area is 117 Å². The highest BCUT2D eigenvalue weighted by atomic mass is 32.2. The first-order chi connectivity index (χ1) is 9.47. The summed E-state index contributed by atoms with van der Waals surface area (Å²) in [4.78, 5) is 11.7. The van der Waals surface area contributed by atoms with Crippen molar-refractivity contribution in [1.29, 1.82) is 0 Å². The van der Waals surface area contributed by atoms with Crippen LogP contribution in [0, 0.1) is 0 Å². The maximum absolute atomic E-state index is 11.9. The number of carbonyl (C=O) groups is 1. The summed E-state index contributed by atoms with van der Waals surface area (Å²) in [6.07, 6.45) is 2.88. The monoisotopic (exact) mass is 299 g/mol. The van der Waals surface area contributed by atoms with Gasteiger partial charge < -0.3 is 9.47 Å². The zero-order valence-electron chi connectivity index (χ0n) is 10.9. The van der Waals surface area contributed by atoms with E-state index in [9.17, 15) is 13.2 Å². The van der Waals surface area contributed by atoms with Crippen molar-refractivity contribution >= 4 is 16.0 Å². The van der Waals surface area contributed by atoms with Gasteiger partial charge in [0.25, 0.3) is 0 Å². The summed E-state index contributed by atoms with van der Waals surface area (Å²) in [5.74, 6) is -0.579. The Bertz CT molecular complexity index is 578. The molecule has 1 atom stereocenters. The molecule has 110 valence electrons. The van der Waals surface area contributed by atoms with Gasteiger partial charge in [-0.05, 0) is 37.5 Å². The van der Waals surface area contributed by atoms with Crippen LogP contribution in [0.4, 0.5) is 0 Å². The van der Waals surface area contributed by atoms with Crippen LogP contribution in [0.1, 0.15) is 29.6 Å². The number of ether oxygens (including phenoxy) is 2. The molecule has 2 N–H and O–H groups in total. The van der Waals surface area contributed by atoms with Crippen molar-refractivity contribution in [3.8, 4) is 0 Å². The summed E-state index contributed by atoms with van der Waals surface area (Å²) in [5.41, 5.74) is 0.160. The second-order valence-corrected chi connectivity index (χ2v) is 6.22. The van der Waals surface area contributed by atoms with Crippen LogP contribution in [0.25, 0.3) is 0 Å². The highest BCUT2D eigenvalue weighted by Gasteiger charge is 2.18. The molecule has 0 radical (unpaired) electrons. The molecule has 1 saturated heterocycles. The van der Waals surface area contributed by atoms with Crippen molar-refractivity contribution in [3.05, 3.63) is 29.8 Å². The summed E-state index contributed by atoms with van der Waals surface area (Å²) >= 11 is 0. The summed E-state index contributed by atoms with van der Waals surface area (Å²) in [5, 5.41) is 5.02. The van der Waals surface area contributed by atoms with Gasteiger partial charge in [-0.3, -0.25) is 0 Å². The molecule has 20 heavy (non-hydrogen) atoms. The normalized spacial score (nSPS) is 19.6. The number of hydrogen-bond donors (Lipinski definition) is 1. The van der Waals surface area contributed by atoms with Gasteiger partial charge in [-0.25, -0.2) is 18.4 Å². The SMILES string of the molecule is NS(=O)(=O)c1cccc(C(=O)OCC2CCCCO2)c1. The largest absolute Gasteiger partial charge is 0.459 e. The fourth-order valence-corrected chi connectivity index (χ4v) is 2.55. The number of benzene rings is 1. The minimum atomic E-state index is -3.83. The lowest BCUT2D eigenvalue weighted by molar-refractivity contribution is -0.0300. The minimum Gasteiger partial charge on any atom is -0.459 e. The van der Waals surface area contributed by atoms with Crippen LogP contribution >= 0.6 is 0 Å². The van der Waals surface area contributed by atoms with E-state index in [4.69, 9.17) is 14.6 Å². The van der Waals surface area contributed by atoms with E-state index in [2.05, 4.69) is 0 Å². The van der Waals surface area contributed by atoms with Crippen LogP contribution in [0.5, 0.6) is 0 Å².